The lowest BCUT2D eigenvalue weighted by atomic mass is 9.95. The van der Waals surface area contributed by atoms with Crippen LogP contribution in [0, 0.1) is 11.7 Å². The Morgan fingerprint density at radius 2 is 1.79 bits per heavy atom. The molecule has 162 valence electrons. The minimum absolute atomic E-state index is 0.00559. The van der Waals surface area contributed by atoms with E-state index in [9.17, 15) is 14.0 Å². The summed E-state index contributed by atoms with van der Waals surface area (Å²) in [6.07, 6.45) is 2.41. The third-order valence-corrected chi connectivity index (χ3v) is 5.51. The number of hydrogen-bond donors (Lipinski definition) is 0. The summed E-state index contributed by atoms with van der Waals surface area (Å²) in [6.45, 7) is 4.12. The first-order valence-electron chi connectivity index (χ1n) is 10.3. The summed E-state index contributed by atoms with van der Waals surface area (Å²) in [5, 5.41) is 0. The molecule has 29 heavy (non-hydrogen) atoms. The molecule has 1 fully saturated rings. The summed E-state index contributed by atoms with van der Waals surface area (Å²) < 4.78 is 19.0. The second-order valence-corrected chi connectivity index (χ2v) is 7.93. The minimum Gasteiger partial charge on any atom is -0.383 e. The number of amides is 2. The van der Waals surface area contributed by atoms with Crippen LogP contribution in [0.5, 0.6) is 0 Å². The van der Waals surface area contributed by atoms with Crippen LogP contribution in [0.15, 0.2) is 24.3 Å². The standard InChI is InChI=1S/C22H34FN3O3/c1-24(2)21(27)8-9-22(28)26(14-15-29-3)16-18-10-12-25(13-11-18)17-19-6-4-5-7-20(19)23/h4-7,18H,8-17H2,1-3H3. The summed E-state index contributed by atoms with van der Waals surface area (Å²) in [6, 6.07) is 6.91. The number of benzene rings is 1. The average molecular weight is 408 g/mol. The van der Waals surface area contributed by atoms with E-state index in [2.05, 4.69) is 4.90 Å². The zero-order chi connectivity index (χ0) is 21.2. The third-order valence-electron chi connectivity index (χ3n) is 5.51. The highest BCUT2D eigenvalue weighted by Gasteiger charge is 2.24. The van der Waals surface area contributed by atoms with Crippen molar-refractivity contribution < 1.29 is 18.7 Å². The maximum atomic E-state index is 13.9. The summed E-state index contributed by atoms with van der Waals surface area (Å²) in [4.78, 5) is 30.0. The normalized spacial score (nSPS) is 15.3. The highest BCUT2D eigenvalue weighted by atomic mass is 19.1. The molecular formula is C22H34FN3O3. The van der Waals surface area contributed by atoms with Gasteiger partial charge >= 0.3 is 0 Å². The first kappa shape index (κ1) is 23.3. The van der Waals surface area contributed by atoms with E-state index in [0.29, 0.717) is 32.2 Å². The molecular weight excluding hydrogens is 373 g/mol. The molecule has 0 bridgehead atoms. The Morgan fingerprint density at radius 1 is 1.14 bits per heavy atom. The van der Waals surface area contributed by atoms with Crippen LogP contribution in [0.25, 0.3) is 0 Å². The molecule has 0 aromatic heterocycles. The van der Waals surface area contributed by atoms with Gasteiger partial charge < -0.3 is 14.5 Å². The van der Waals surface area contributed by atoms with E-state index in [1.807, 2.05) is 17.0 Å². The molecule has 1 aromatic carbocycles. The summed E-state index contributed by atoms with van der Waals surface area (Å²) in [5.41, 5.74) is 0.730. The Kier molecular flexibility index (Phi) is 9.54. The molecule has 1 aromatic rings. The smallest absolute Gasteiger partial charge is 0.223 e. The van der Waals surface area contributed by atoms with Gasteiger partial charge in [-0.3, -0.25) is 14.5 Å². The third kappa shape index (κ3) is 7.74. The van der Waals surface area contributed by atoms with E-state index in [-0.39, 0.29) is 30.5 Å². The second-order valence-electron chi connectivity index (χ2n) is 7.93. The van der Waals surface area contributed by atoms with Gasteiger partial charge in [0.05, 0.1) is 6.61 Å². The molecule has 1 heterocycles. The molecule has 0 saturated carbocycles. The number of likely N-dealkylation sites (tertiary alicyclic amines) is 1. The molecule has 6 nitrogen and oxygen atoms in total. The van der Waals surface area contributed by atoms with Crippen molar-refractivity contribution in [2.75, 3.05) is 54.0 Å². The lowest BCUT2D eigenvalue weighted by molar-refractivity contribution is -0.136. The molecule has 1 aliphatic rings. The second kappa shape index (κ2) is 11.9. The maximum Gasteiger partial charge on any atom is 0.223 e. The molecule has 0 spiro atoms. The van der Waals surface area contributed by atoms with Crippen LogP contribution in [0.2, 0.25) is 0 Å². The fraction of sp³-hybridized carbons (Fsp3) is 0.636. The summed E-state index contributed by atoms with van der Waals surface area (Å²) >= 11 is 0. The number of carbonyl (C=O) groups is 2. The van der Waals surface area contributed by atoms with Crippen LogP contribution >= 0.6 is 0 Å². The van der Waals surface area contributed by atoms with Crippen molar-refractivity contribution in [1.29, 1.82) is 0 Å². The van der Waals surface area contributed by atoms with Gasteiger partial charge in [0.15, 0.2) is 0 Å². The van der Waals surface area contributed by atoms with Gasteiger partial charge in [0.2, 0.25) is 11.8 Å². The first-order valence-corrected chi connectivity index (χ1v) is 10.3. The molecule has 0 aliphatic carbocycles. The van der Waals surface area contributed by atoms with Gasteiger partial charge in [-0.05, 0) is 37.9 Å². The number of carbonyl (C=O) groups excluding carboxylic acids is 2. The molecule has 1 aliphatic heterocycles. The van der Waals surface area contributed by atoms with Crippen LogP contribution < -0.4 is 0 Å². The fourth-order valence-electron chi connectivity index (χ4n) is 3.62. The number of rotatable bonds is 10. The van der Waals surface area contributed by atoms with Crippen LogP contribution in [-0.4, -0.2) is 80.5 Å². The van der Waals surface area contributed by atoms with Crippen molar-refractivity contribution in [3.05, 3.63) is 35.6 Å². The zero-order valence-corrected chi connectivity index (χ0v) is 17.9. The van der Waals surface area contributed by atoms with Crippen molar-refractivity contribution in [1.82, 2.24) is 14.7 Å². The number of hydrogen-bond acceptors (Lipinski definition) is 4. The average Bonchev–Trinajstić information content (AvgIpc) is 2.71. The van der Waals surface area contributed by atoms with Gasteiger partial charge in [-0.15, -0.1) is 0 Å². The Morgan fingerprint density at radius 3 is 2.41 bits per heavy atom. The lowest BCUT2D eigenvalue weighted by Crippen LogP contribution is -2.42. The van der Waals surface area contributed by atoms with E-state index in [1.165, 1.54) is 11.0 Å². The topological polar surface area (TPSA) is 53.1 Å². The van der Waals surface area contributed by atoms with Gasteiger partial charge in [0, 0.05) is 59.2 Å². The van der Waals surface area contributed by atoms with E-state index < -0.39 is 0 Å². The zero-order valence-electron chi connectivity index (χ0n) is 17.9. The van der Waals surface area contributed by atoms with Gasteiger partial charge in [-0.1, -0.05) is 18.2 Å². The number of nitrogens with zero attached hydrogens (tertiary/aromatic N) is 3. The van der Waals surface area contributed by atoms with Crippen molar-refractivity contribution in [3.8, 4) is 0 Å². The highest BCUT2D eigenvalue weighted by Crippen LogP contribution is 2.21. The van der Waals surface area contributed by atoms with E-state index in [1.54, 1.807) is 27.3 Å². The van der Waals surface area contributed by atoms with Crippen molar-refractivity contribution >= 4 is 11.8 Å². The Labute approximate surface area is 173 Å². The summed E-state index contributed by atoms with van der Waals surface area (Å²) in [7, 11) is 5.02. The molecule has 0 N–H and O–H groups in total. The molecule has 2 rings (SSSR count). The maximum absolute atomic E-state index is 13.9. The van der Waals surface area contributed by atoms with Crippen molar-refractivity contribution in [2.45, 2.75) is 32.2 Å². The molecule has 0 atom stereocenters. The van der Waals surface area contributed by atoms with E-state index in [4.69, 9.17) is 4.74 Å². The first-order chi connectivity index (χ1) is 13.9. The monoisotopic (exact) mass is 407 g/mol. The predicted molar refractivity (Wildman–Crippen MR) is 111 cm³/mol. The Hall–Kier alpha value is -1.99. The minimum atomic E-state index is -0.154. The largest absolute Gasteiger partial charge is 0.383 e. The quantitative estimate of drug-likeness (QED) is 0.598. The summed E-state index contributed by atoms with van der Waals surface area (Å²) in [5.74, 6) is 0.230. The van der Waals surface area contributed by atoms with Crippen LogP contribution in [0.3, 0.4) is 0 Å². The molecule has 0 unspecified atom stereocenters. The Balaban J connectivity index is 1.82. The van der Waals surface area contributed by atoms with Crippen molar-refractivity contribution in [2.24, 2.45) is 5.92 Å². The lowest BCUT2D eigenvalue weighted by Gasteiger charge is -2.35. The van der Waals surface area contributed by atoms with Gasteiger partial charge in [-0.25, -0.2) is 4.39 Å². The van der Waals surface area contributed by atoms with Crippen LogP contribution in [0.1, 0.15) is 31.2 Å². The van der Waals surface area contributed by atoms with E-state index in [0.717, 1.165) is 31.5 Å². The van der Waals surface area contributed by atoms with Gasteiger partial charge in [0.1, 0.15) is 5.82 Å². The van der Waals surface area contributed by atoms with E-state index >= 15 is 0 Å². The fourth-order valence-corrected chi connectivity index (χ4v) is 3.62. The molecule has 1 saturated heterocycles. The molecule has 0 radical (unpaired) electrons. The van der Waals surface area contributed by atoms with Gasteiger partial charge in [-0.2, -0.15) is 0 Å². The number of halogens is 1. The highest BCUT2D eigenvalue weighted by molar-refractivity contribution is 5.83. The van der Waals surface area contributed by atoms with Crippen LogP contribution in [-0.2, 0) is 20.9 Å². The number of ether oxygens (including phenoxy) is 1. The SMILES string of the molecule is COCCN(CC1CCN(Cc2ccccc2F)CC1)C(=O)CCC(=O)N(C)C. The number of methoxy groups -OCH3 is 1. The predicted octanol–water partition coefficient (Wildman–Crippen LogP) is 2.38. The van der Waals surface area contributed by atoms with Gasteiger partial charge in [0.25, 0.3) is 0 Å². The van der Waals surface area contributed by atoms with Crippen LogP contribution in [0.4, 0.5) is 4.39 Å². The van der Waals surface area contributed by atoms with Crippen molar-refractivity contribution in [3.63, 3.8) is 0 Å². The number of piperidine rings is 1. The Bertz CT molecular complexity index is 660. The molecule has 2 amide bonds. The molecule has 7 heteroatoms.